The van der Waals surface area contributed by atoms with E-state index in [4.69, 9.17) is 4.74 Å². The molecule has 0 saturated heterocycles. The number of ether oxygens (including phenoxy) is 1. The van der Waals surface area contributed by atoms with Crippen LogP contribution in [0.25, 0.3) is 10.9 Å². The van der Waals surface area contributed by atoms with Gasteiger partial charge in [-0.3, -0.25) is 4.98 Å². The van der Waals surface area contributed by atoms with Gasteiger partial charge in [-0.25, -0.2) is 4.39 Å². The zero-order valence-corrected chi connectivity index (χ0v) is 13.2. The Kier molecular flexibility index (Phi) is 4.57. The second-order valence-corrected chi connectivity index (χ2v) is 5.25. The minimum absolute atomic E-state index is 0.271. The van der Waals surface area contributed by atoms with Gasteiger partial charge in [0.25, 0.3) is 0 Å². The molecular formula is C19H16FN3O. The summed E-state index contributed by atoms with van der Waals surface area (Å²) < 4.78 is 18.5. The number of benzene rings is 2. The molecule has 0 amide bonds. The van der Waals surface area contributed by atoms with Gasteiger partial charge in [0, 0.05) is 18.1 Å². The quantitative estimate of drug-likeness (QED) is 0.763. The molecule has 0 aliphatic rings. The summed E-state index contributed by atoms with van der Waals surface area (Å²) >= 11 is 0. The van der Waals surface area contributed by atoms with Crippen LogP contribution in [0.15, 0.2) is 48.7 Å². The lowest BCUT2D eigenvalue weighted by Gasteiger charge is -2.13. The van der Waals surface area contributed by atoms with Crippen molar-refractivity contribution in [3.63, 3.8) is 0 Å². The van der Waals surface area contributed by atoms with Gasteiger partial charge in [0.1, 0.15) is 17.6 Å². The van der Waals surface area contributed by atoms with Crippen LogP contribution in [0.5, 0.6) is 5.75 Å². The largest absolute Gasteiger partial charge is 0.494 e. The van der Waals surface area contributed by atoms with E-state index in [0.717, 1.165) is 22.2 Å². The van der Waals surface area contributed by atoms with Crippen LogP contribution in [0.3, 0.4) is 0 Å². The molecule has 3 aromatic rings. The van der Waals surface area contributed by atoms with Crippen molar-refractivity contribution in [2.45, 2.75) is 13.5 Å². The molecule has 0 atom stereocenters. The first-order valence-corrected chi connectivity index (χ1v) is 7.65. The molecular weight excluding hydrogens is 305 g/mol. The fourth-order valence-electron chi connectivity index (χ4n) is 2.50. The summed E-state index contributed by atoms with van der Waals surface area (Å²) in [5.41, 5.74) is 2.86. The summed E-state index contributed by atoms with van der Waals surface area (Å²) in [7, 11) is 0. The third-order valence-electron chi connectivity index (χ3n) is 3.65. The number of nitrogens with one attached hydrogen (secondary N) is 1. The van der Waals surface area contributed by atoms with E-state index in [1.54, 1.807) is 18.3 Å². The highest BCUT2D eigenvalue weighted by Gasteiger charge is 2.10. The van der Waals surface area contributed by atoms with E-state index in [1.807, 2.05) is 25.1 Å². The minimum Gasteiger partial charge on any atom is -0.494 e. The summed E-state index contributed by atoms with van der Waals surface area (Å²) in [6, 6.07) is 14.0. The van der Waals surface area contributed by atoms with Crippen molar-refractivity contribution in [1.82, 2.24) is 4.98 Å². The molecule has 0 bridgehead atoms. The van der Waals surface area contributed by atoms with Gasteiger partial charge in [0.05, 0.1) is 23.4 Å². The van der Waals surface area contributed by atoms with Crippen molar-refractivity contribution in [3.05, 3.63) is 65.6 Å². The Balaban J connectivity index is 1.98. The summed E-state index contributed by atoms with van der Waals surface area (Å²) in [4.78, 5) is 4.31. The second-order valence-electron chi connectivity index (χ2n) is 5.25. The van der Waals surface area contributed by atoms with Crippen molar-refractivity contribution in [2.24, 2.45) is 0 Å². The maximum atomic E-state index is 13.0. The lowest BCUT2D eigenvalue weighted by atomic mass is 10.1. The van der Waals surface area contributed by atoms with E-state index in [9.17, 15) is 9.65 Å². The summed E-state index contributed by atoms with van der Waals surface area (Å²) in [5.74, 6) is 0.457. The molecule has 2 aromatic carbocycles. The molecule has 24 heavy (non-hydrogen) atoms. The van der Waals surface area contributed by atoms with Crippen LogP contribution in [-0.2, 0) is 6.54 Å². The Bertz CT molecular complexity index is 901. The standard InChI is InChI=1S/C19H16FN3O/c1-2-24-16-7-8-18-17(9-16)19(14(10-21)12-22-18)23-11-13-3-5-15(20)6-4-13/h3-9,12H,2,11H2,1H3,(H,22,23). The monoisotopic (exact) mass is 321 g/mol. The van der Waals surface area contributed by atoms with E-state index >= 15 is 0 Å². The molecule has 1 N–H and O–H groups in total. The van der Waals surface area contributed by atoms with E-state index in [2.05, 4.69) is 16.4 Å². The second kappa shape index (κ2) is 6.97. The number of fused-ring (bicyclic) bond motifs is 1. The van der Waals surface area contributed by atoms with Crippen LogP contribution >= 0.6 is 0 Å². The highest BCUT2D eigenvalue weighted by atomic mass is 19.1. The van der Waals surface area contributed by atoms with Crippen LogP contribution in [0, 0.1) is 17.1 Å². The van der Waals surface area contributed by atoms with Gasteiger partial charge < -0.3 is 10.1 Å². The van der Waals surface area contributed by atoms with Crippen LogP contribution in [0.2, 0.25) is 0 Å². The Morgan fingerprint density at radius 3 is 2.71 bits per heavy atom. The molecule has 0 fully saturated rings. The lowest BCUT2D eigenvalue weighted by Crippen LogP contribution is -2.03. The molecule has 3 rings (SSSR count). The van der Waals surface area contributed by atoms with Gasteiger partial charge in [-0.15, -0.1) is 0 Å². The number of pyridine rings is 1. The zero-order valence-electron chi connectivity index (χ0n) is 13.2. The number of halogens is 1. The van der Waals surface area contributed by atoms with Crippen molar-refractivity contribution in [2.75, 3.05) is 11.9 Å². The first-order valence-electron chi connectivity index (χ1n) is 7.65. The highest BCUT2D eigenvalue weighted by Crippen LogP contribution is 2.29. The van der Waals surface area contributed by atoms with Crippen LogP contribution in [-0.4, -0.2) is 11.6 Å². The number of rotatable bonds is 5. The average Bonchev–Trinajstić information content (AvgIpc) is 2.61. The van der Waals surface area contributed by atoms with Crippen LogP contribution in [0.4, 0.5) is 10.1 Å². The molecule has 1 heterocycles. The normalized spacial score (nSPS) is 10.4. The Labute approximate surface area is 139 Å². The molecule has 1 aromatic heterocycles. The topological polar surface area (TPSA) is 57.9 Å². The molecule has 0 unspecified atom stereocenters. The fraction of sp³-hybridized carbons (Fsp3) is 0.158. The SMILES string of the molecule is CCOc1ccc2ncc(C#N)c(NCc3ccc(F)cc3)c2c1. The fourth-order valence-corrected chi connectivity index (χ4v) is 2.50. The smallest absolute Gasteiger partial charge is 0.123 e. The Morgan fingerprint density at radius 1 is 1.21 bits per heavy atom. The summed E-state index contributed by atoms with van der Waals surface area (Å²) in [6.45, 7) is 2.96. The van der Waals surface area contributed by atoms with Crippen LogP contribution in [0.1, 0.15) is 18.1 Å². The summed E-state index contributed by atoms with van der Waals surface area (Å²) in [5, 5.41) is 13.5. The third kappa shape index (κ3) is 3.28. The maximum Gasteiger partial charge on any atom is 0.123 e. The predicted molar refractivity (Wildman–Crippen MR) is 91.4 cm³/mol. The van der Waals surface area contributed by atoms with Crippen LogP contribution < -0.4 is 10.1 Å². The number of hydrogen-bond donors (Lipinski definition) is 1. The Hall–Kier alpha value is -3.13. The van der Waals surface area contributed by atoms with E-state index < -0.39 is 0 Å². The number of aromatic nitrogens is 1. The number of anilines is 1. The first kappa shape index (κ1) is 15.8. The third-order valence-corrected chi connectivity index (χ3v) is 3.65. The average molecular weight is 321 g/mol. The molecule has 0 aliphatic heterocycles. The van der Waals surface area contributed by atoms with Gasteiger partial charge in [-0.2, -0.15) is 5.26 Å². The van der Waals surface area contributed by atoms with E-state index in [-0.39, 0.29) is 5.82 Å². The molecule has 4 nitrogen and oxygen atoms in total. The Morgan fingerprint density at radius 2 is 2.00 bits per heavy atom. The molecule has 0 saturated carbocycles. The number of nitrogens with zero attached hydrogens (tertiary/aromatic N) is 2. The molecule has 0 radical (unpaired) electrons. The van der Waals surface area contributed by atoms with Crippen molar-refractivity contribution >= 4 is 16.6 Å². The van der Waals surface area contributed by atoms with Crippen molar-refractivity contribution < 1.29 is 9.13 Å². The lowest BCUT2D eigenvalue weighted by molar-refractivity contribution is 0.340. The maximum absolute atomic E-state index is 13.0. The minimum atomic E-state index is -0.271. The highest BCUT2D eigenvalue weighted by molar-refractivity contribution is 5.94. The van der Waals surface area contributed by atoms with E-state index in [0.29, 0.717) is 24.4 Å². The van der Waals surface area contributed by atoms with Gasteiger partial charge in [0.2, 0.25) is 0 Å². The van der Waals surface area contributed by atoms with Gasteiger partial charge >= 0.3 is 0 Å². The molecule has 0 spiro atoms. The number of nitriles is 1. The molecule has 120 valence electrons. The van der Waals surface area contributed by atoms with Gasteiger partial charge in [-0.1, -0.05) is 12.1 Å². The molecule has 5 heteroatoms. The predicted octanol–water partition coefficient (Wildman–Crippen LogP) is 4.26. The van der Waals surface area contributed by atoms with Crippen molar-refractivity contribution in [3.8, 4) is 11.8 Å². The summed E-state index contributed by atoms with van der Waals surface area (Å²) in [6.07, 6.45) is 1.55. The van der Waals surface area contributed by atoms with E-state index in [1.165, 1.54) is 12.1 Å². The van der Waals surface area contributed by atoms with Gasteiger partial charge in [-0.05, 0) is 42.8 Å². The first-order chi connectivity index (χ1) is 11.7. The van der Waals surface area contributed by atoms with Crippen molar-refractivity contribution in [1.29, 1.82) is 5.26 Å². The zero-order chi connectivity index (χ0) is 16.9. The number of hydrogen-bond acceptors (Lipinski definition) is 4. The van der Waals surface area contributed by atoms with Gasteiger partial charge in [0.15, 0.2) is 0 Å². The molecule has 0 aliphatic carbocycles.